The van der Waals surface area contributed by atoms with Crippen molar-refractivity contribution in [3.05, 3.63) is 82.9 Å². The van der Waals surface area contributed by atoms with Gasteiger partial charge in [0.05, 0.1) is 32.5 Å². The van der Waals surface area contributed by atoms with Crippen LogP contribution in [0, 0.1) is 0 Å². The van der Waals surface area contributed by atoms with E-state index in [1.54, 1.807) is 33.9 Å². The predicted molar refractivity (Wildman–Crippen MR) is 161 cm³/mol. The second-order valence-corrected chi connectivity index (χ2v) is 13.2. The lowest BCUT2D eigenvalue weighted by atomic mass is 9.81. The fourth-order valence-corrected chi connectivity index (χ4v) is 4.53. The molecule has 0 fully saturated rings. The Morgan fingerprint density at radius 3 is 1.64 bits per heavy atom. The van der Waals surface area contributed by atoms with Crippen molar-refractivity contribution in [3.8, 4) is 22.6 Å². The maximum absolute atomic E-state index is 12.4. The molecule has 0 radical (unpaired) electrons. The lowest BCUT2D eigenvalue weighted by molar-refractivity contribution is -0.0500. The third-order valence-electron chi connectivity index (χ3n) is 6.32. The van der Waals surface area contributed by atoms with Crippen molar-refractivity contribution in [2.45, 2.75) is 57.9 Å². The van der Waals surface area contributed by atoms with Crippen LogP contribution in [-0.4, -0.2) is 47.2 Å². The Bertz CT molecular complexity index is 1600. The Balaban J connectivity index is 0.000000307. The fraction of sp³-hybridized carbons (Fsp3) is 0.375. The zero-order valence-corrected chi connectivity index (χ0v) is 26.9. The van der Waals surface area contributed by atoms with E-state index < -0.39 is 32.8 Å². The number of halogens is 3. The standard InChI is InChI=1S/C19H22O3.C13H15F3O5S/c1-19(2,3)17-12-14(18(20)22-5)9-10-16(17)13-7-6-8-15(11-13)21-4;1-12(2,3)9-7-8(11(17)20-4)5-6-10(9)21-22(18,19)13(14,15)16/h6-12H,1-5H3;5-7H,1-4H3. The van der Waals surface area contributed by atoms with Gasteiger partial charge in [-0.1, -0.05) is 59.7 Å². The van der Waals surface area contributed by atoms with Crippen molar-refractivity contribution in [1.29, 1.82) is 0 Å². The molecule has 0 atom stereocenters. The van der Waals surface area contributed by atoms with Crippen molar-refractivity contribution in [1.82, 2.24) is 0 Å². The molecule has 0 unspecified atom stereocenters. The highest BCUT2D eigenvalue weighted by Gasteiger charge is 2.49. The molecule has 0 heterocycles. The third kappa shape index (κ3) is 8.98. The Kier molecular flexibility index (Phi) is 11.3. The molecule has 240 valence electrons. The number of esters is 2. The first-order chi connectivity index (χ1) is 20.2. The van der Waals surface area contributed by atoms with Gasteiger partial charge in [0.15, 0.2) is 0 Å². The first kappa shape index (κ1) is 36.1. The second-order valence-electron chi connectivity index (χ2n) is 11.7. The van der Waals surface area contributed by atoms with E-state index in [4.69, 9.17) is 9.47 Å². The SMILES string of the molecule is COC(=O)c1ccc(-c2cccc(OC)c2)c(C(C)(C)C)c1.COC(=O)c1ccc(OS(=O)(=O)C(F)(F)F)c(C(C)(C)C)c1. The van der Waals surface area contributed by atoms with Crippen LogP contribution in [0.1, 0.15) is 73.4 Å². The minimum absolute atomic E-state index is 0.0733. The molecule has 0 saturated heterocycles. The van der Waals surface area contributed by atoms with Gasteiger partial charge in [-0.3, -0.25) is 0 Å². The highest BCUT2D eigenvalue weighted by molar-refractivity contribution is 7.88. The second kappa shape index (κ2) is 13.7. The van der Waals surface area contributed by atoms with E-state index in [2.05, 4.69) is 29.7 Å². The molecule has 0 aliphatic carbocycles. The van der Waals surface area contributed by atoms with Gasteiger partial charge in [0.2, 0.25) is 0 Å². The third-order valence-corrected chi connectivity index (χ3v) is 7.29. The largest absolute Gasteiger partial charge is 0.534 e. The summed E-state index contributed by atoms with van der Waals surface area (Å²) >= 11 is 0. The summed E-state index contributed by atoms with van der Waals surface area (Å²) in [5.41, 5.74) is -2.36. The number of methoxy groups -OCH3 is 3. The van der Waals surface area contributed by atoms with E-state index >= 15 is 0 Å². The van der Waals surface area contributed by atoms with Gasteiger partial charge in [0.25, 0.3) is 0 Å². The minimum Gasteiger partial charge on any atom is -0.497 e. The van der Waals surface area contributed by atoms with Gasteiger partial charge in [-0.05, 0) is 70.0 Å². The van der Waals surface area contributed by atoms with Gasteiger partial charge in [-0.15, -0.1) is 0 Å². The average Bonchev–Trinajstić information content (AvgIpc) is 2.94. The van der Waals surface area contributed by atoms with E-state index in [1.165, 1.54) is 13.2 Å². The van der Waals surface area contributed by atoms with Crippen LogP contribution in [0.15, 0.2) is 60.7 Å². The monoisotopic (exact) mass is 638 g/mol. The van der Waals surface area contributed by atoms with E-state index in [0.29, 0.717) is 5.56 Å². The summed E-state index contributed by atoms with van der Waals surface area (Å²) < 4.78 is 78.4. The molecule has 3 aromatic rings. The first-order valence-electron chi connectivity index (χ1n) is 13.3. The number of rotatable bonds is 6. The molecular weight excluding hydrogens is 601 g/mol. The molecule has 0 aliphatic rings. The van der Waals surface area contributed by atoms with Gasteiger partial charge in [-0.2, -0.15) is 21.6 Å². The molecule has 0 saturated carbocycles. The smallest absolute Gasteiger partial charge is 0.497 e. The quantitative estimate of drug-likeness (QED) is 0.156. The molecule has 0 aliphatic heterocycles. The number of carbonyl (C=O) groups excluding carboxylic acids is 2. The molecule has 3 rings (SSSR count). The molecular formula is C32H37F3O8S. The molecule has 0 aromatic heterocycles. The molecule has 0 bridgehead atoms. The van der Waals surface area contributed by atoms with Crippen LogP contribution in [0.25, 0.3) is 11.1 Å². The van der Waals surface area contributed by atoms with Crippen LogP contribution >= 0.6 is 0 Å². The number of carbonyl (C=O) groups is 2. The van der Waals surface area contributed by atoms with Crippen molar-refractivity contribution in [2.24, 2.45) is 0 Å². The van der Waals surface area contributed by atoms with E-state index in [1.807, 2.05) is 36.4 Å². The van der Waals surface area contributed by atoms with Gasteiger partial charge in [0, 0.05) is 5.56 Å². The molecule has 8 nitrogen and oxygen atoms in total. The maximum Gasteiger partial charge on any atom is 0.534 e. The van der Waals surface area contributed by atoms with E-state index in [0.717, 1.165) is 41.7 Å². The summed E-state index contributed by atoms with van der Waals surface area (Å²) in [5.74, 6) is -0.690. The van der Waals surface area contributed by atoms with E-state index in [9.17, 15) is 31.2 Å². The number of hydrogen-bond donors (Lipinski definition) is 0. The zero-order chi connectivity index (χ0) is 33.7. The Hall–Kier alpha value is -4.06. The van der Waals surface area contributed by atoms with Crippen LogP contribution in [0.4, 0.5) is 13.2 Å². The normalized spacial score (nSPS) is 12.0. The molecule has 0 amide bonds. The molecule has 0 N–H and O–H groups in total. The lowest BCUT2D eigenvalue weighted by Gasteiger charge is -2.24. The number of hydrogen-bond acceptors (Lipinski definition) is 8. The molecule has 12 heteroatoms. The number of ether oxygens (including phenoxy) is 3. The van der Waals surface area contributed by atoms with Gasteiger partial charge < -0.3 is 18.4 Å². The van der Waals surface area contributed by atoms with E-state index in [-0.39, 0.29) is 22.5 Å². The Morgan fingerprint density at radius 2 is 1.18 bits per heavy atom. The summed E-state index contributed by atoms with van der Waals surface area (Å²) in [7, 11) is -1.58. The highest BCUT2D eigenvalue weighted by atomic mass is 32.2. The zero-order valence-electron chi connectivity index (χ0n) is 26.1. The first-order valence-corrected chi connectivity index (χ1v) is 14.7. The summed E-state index contributed by atoms with van der Waals surface area (Å²) in [4.78, 5) is 23.3. The lowest BCUT2D eigenvalue weighted by Crippen LogP contribution is -2.29. The number of alkyl halides is 3. The summed E-state index contributed by atoms with van der Waals surface area (Å²) in [6, 6.07) is 17.0. The predicted octanol–water partition coefficient (Wildman–Crippen LogP) is 7.45. The molecule has 0 spiro atoms. The molecule has 44 heavy (non-hydrogen) atoms. The van der Waals surface area contributed by atoms with Gasteiger partial charge in [0.1, 0.15) is 11.5 Å². The fourth-order valence-electron chi connectivity index (χ4n) is 4.05. The molecule has 3 aromatic carbocycles. The topological polar surface area (TPSA) is 105 Å². The van der Waals surface area contributed by atoms with Gasteiger partial charge in [-0.25, -0.2) is 9.59 Å². The van der Waals surface area contributed by atoms with Crippen molar-refractivity contribution < 1.29 is 49.6 Å². The van der Waals surface area contributed by atoms with Gasteiger partial charge >= 0.3 is 27.6 Å². The number of benzene rings is 3. The van der Waals surface area contributed by atoms with Crippen LogP contribution in [0.3, 0.4) is 0 Å². The summed E-state index contributed by atoms with van der Waals surface area (Å²) in [6.07, 6.45) is 0. The highest BCUT2D eigenvalue weighted by Crippen LogP contribution is 2.37. The van der Waals surface area contributed by atoms with Crippen LogP contribution in [0.5, 0.6) is 11.5 Å². The van der Waals surface area contributed by atoms with Crippen LogP contribution in [0.2, 0.25) is 0 Å². The maximum atomic E-state index is 12.4. The summed E-state index contributed by atoms with van der Waals surface area (Å²) in [6.45, 7) is 11.3. The Morgan fingerprint density at radius 1 is 0.682 bits per heavy atom. The van der Waals surface area contributed by atoms with Crippen molar-refractivity contribution in [2.75, 3.05) is 21.3 Å². The Labute approximate surface area is 256 Å². The average molecular weight is 639 g/mol. The van der Waals surface area contributed by atoms with Crippen molar-refractivity contribution in [3.63, 3.8) is 0 Å². The van der Waals surface area contributed by atoms with Crippen LogP contribution in [-0.2, 0) is 30.4 Å². The minimum atomic E-state index is -5.79. The van der Waals surface area contributed by atoms with Crippen molar-refractivity contribution >= 4 is 22.1 Å². The van der Waals surface area contributed by atoms with Crippen LogP contribution < -0.4 is 8.92 Å². The summed E-state index contributed by atoms with van der Waals surface area (Å²) in [5, 5.41) is 0.